The van der Waals surface area contributed by atoms with E-state index in [1.54, 1.807) is 6.07 Å². The first-order chi connectivity index (χ1) is 14.2. The highest BCUT2D eigenvalue weighted by Gasteiger charge is 2.18. The predicted octanol–water partition coefficient (Wildman–Crippen LogP) is 2.80. The first-order valence-electron chi connectivity index (χ1n) is 9.57. The molecule has 2 N–H and O–H groups in total. The number of ether oxygens (including phenoxy) is 1. The Morgan fingerprint density at radius 2 is 1.80 bits per heavy atom. The summed E-state index contributed by atoms with van der Waals surface area (Å²) in [7, 11) is 1.78. The molecule has 2 rings (SSSR count). The van der Waals surface area contributed by atoms with Crippen LogP contribution in [-0.4, -0.2) is 55.2 Å². The molecule has 0 unspecified atom stereocenters. The van der Waals surface area contributed by atoms with Crippen LogP contribution in [0.5, 0.6) is 0 Å². The Morgan fingerprint density at radius 3 is 2.43 bits per heavy atom. The lowest BCUT2D eigenvalue weighted by molar-refractivity contribution is 0.0952. The van der Waals surface area contributed by atoms with Crippen molar-refractivity contribution in [1.29, 1.82) is 0 Å². The molecule has 0 saturated heterocycles. The molecule has 0 heterocycles. The van der Waals surface area contributed by atoms with E-state index in [1.807, 2.05) is 19.0 Å². The van der Waals surface area contributed by atoms with Gasteiger partial charge in [0.15, 0.2) is 0 Å². The van der Waals surface area contributed by atoms with E-state index in [2.05, 4.69) is 50.2 Å². The monoisotopic (exact) mass is 497 g/mol. The number of carbonyl (C=O) groups is 1. The van der Waals surface area contributed by atoms with Crippen molar-refractivity contribution in [2.24, 2.45) is 0 Å². The number of nitrogens with one attached hydrogen (secondary N) is 2. The molecule has 164 valence electrons. The summed E-state index contributed by atoms with van der Waals surface area (Å²) in [6, 6.07) is 12.7. The maximum Gasteiger partial charge on any atom is 0.252 e. The average molecular weight is 498 g/mol. The highest BCUT2D eigenvalue weighted by atomic mass is 79.9. The molecule has 9 heteroatoms. The smallest absolute Gasteiger partial charge is 0.252 e. The molecule has 1 amide bonds. The molecule has 30 heavy (non-hydrogen) atoms. The van der Waals surface area contributed by atoms with E-state index in [4.69, 9.17) is 4.74 Å². The van der Waals surface area contributed by atoms with Gasteiger partial charge in [0.25, 0.3) is 5.91 Å². The maximum absolute atomic E-state index is 12.6. The van der Waals surface area contributed by atoms with Gasteiger partial charge >= 0.3 is 0 Å². The van der Waals surface area contributed by atoms with E-state index in [1.165, 1.54) is 24.8 Å². The Balaban J connectivity index is 1.93. The standard InChI is InChI=1S/C21H28BrN3O4S/c1-25(2)17-8-6-16(7-9-17)5-4-12-23-21(26)19-15-18(10-11-20(19)22)30(27,28)24-13-14-29-3/h6-11,15,24H,4-5,12-14H2,1-3H3,(H,23,26). The molecule has 0 fully saturated rings. The molecule has 0 bridgehead atoms. The molecular formula is C21H28BrN3O4S. The number of halogens is 1. The fraction of sp³-hybridized carbons (Fsp3) is 0.381. The molecule has 0 radical (unpaired) electrons. The Bertz CT molecular complexity index is 947. The zero-order valence-electron chi connectivity index (χ0n) is 17.4. The van der Waals surface area contributed by atoms with E-state index >= 15 is 0 Å². The maximum atomic E-state index is 12.6. The number of anilines is 1. The van der Waals surface area contributed by atoms with Crippen LogP contribution in [0.3, 0.4) is 0 Å². The lowest BCUT2D eigenvalue weighted by atomic mass is 10.1. The summed E-state index contributed by atoms with van der Waals surface area (Å²) in [4.78, 5) is 14.6. The summed E-state index contributed by atoms with van der Waals surface area (Å²) in [5, 5.41) is 2.86. The largest absolute Gasteiger partial charge is 0.383 e. The van der Waals surface area contributed by atoms with E-state index < -0.39 is 10.0 Å². The van der Waals surface area contributed by atoms with Crippen molar-refractivity contribution in [1.82, 2.24) is 10.0 Å². The fourth-order valence-corrected chi connectivity index (χ4v) is 4.22. The third-order valence-electron chi connectivity index (χ3n) is 4.47. The molecule has 0 aliphatic carbocycles. The first-order valence-corrected chi connectivity index (χ1v) is 11.8. The van der Waals surface area contributed by atoms with Crippen molar-refractivity contribution < 1.29 is 17.9 Å². The zero-order chi connectivity index (χ0) is 22.1. The third kappa shape index (κ3) is 7.09. The lowest BCUT2D eigenvalue weighted by Gasteiger charge is -2.13. The summed E-state index contributed by atoms with van der Waals surface area (Å²) in [6.07, 6.45) is 1.62. The van der Waals surface area contributed by atoms with Crippen molar-refractivity contribution in [2.45, 2.75) is 17.7 Å². The van der Waals surface area contributed by atoms with E-state index in [0.29, 0.717) is 11.0 Å². The minimum Gasteiger partial charge on any atom is -0.383 e. The molecule has 0 aliphatic rings. The van der Waals surface area contributed by atoms with Gasteiger partial charge in [-0.1, -0.05) is 12.1 Å². The summed E-state index contributed by atoms with van der Waals surface area (Å²) >= 11 is 3.33. The SMILES string of the molecule is COCCNS(=O)(=O)c1ccc(Br)c(C(=O)NCCCc2ccc(N(C)C)cc2)c1. The van der Waals surface area contributed by atoms with Crippen molar-refractivity contribution in [3.63, 3.8) is 0 Å². The van der Waals surface area contributed by atoms with Crippen LogP contribution >= 0.6 is 15.9 Å². The minimum atomic E-state index is -3.71. The highest BCUT2D eigenvalue weighted by molar-refractivity contribution is 9.10. The van der Waals surface area contributed by atoms with Gasteiger partial charge in [-0.2, -0.15) is 0 Å². The summed E-state index contributed by atoms with van der Waals surface area (Å²) < 4.78 is 32.6. The zero-order valence-corrected chi connectivity index (χ0v) is 19.8. The molecule has 0 atom stereocenters. The topological polar surface area (TPSA) is 87.7 Å². The van der Waals surface area contributed by atoms with Gasteiger partial charge in [0, 0.05) is 44.5 Å². The summed E-state index contributed by atoms with van der Waals surface area (Å²) in [5.41, 5.74) is 2.62. The van der Waals surface area contributed by atoms with Gasteiger partial charge in [-0.3, -0.25) is 4.79 Å². The minimum absolute atomic E-state index is 0.0351. The van der Waals surface area contributed by atoms with Crippen LogP contribution < -0.4 is 14.9 Å². The van der Waals surface area contributed by atoms with Gasteiger partial charge < -0.3 is 15.0 Å². The average Bonchev–Trinajstić information content (AvgIpc) is 2.71. The van der Waals surface area contributed by atoms with Crippen LogP contribution in [0.25, 0.3) is 0 Å². The Labute approximate surface area is 187 Å². The number of aryl methyl sites for hydroxylation is 1. The van der Waals surface area contributed by atoms with E-state index in [9.17, 15) is 13.2 Å². The van der Waals surface area contributed by atoms with Crippen molar-refractivity contribution in [2.75, 3.05) is 45.8 Å². The van der Waals surface area contributed by atoms with Gasteiger partial charge in [0.2, 0.25) is 10.0 Å². The predicted molar refractivity (Wildman–Crippen MR) is 123 cm³/mol. The third-order valence-corrected chi connectivity index (χ3v) is 6.62. The van der Waals surface area contributed by atoms with Crippen LogP contribution in [-0.2, 0) is 21.2 Å². The number of benzene rings is 2. The number of methoxy groups -OCH3 is 1. The normalized spacial score (nSPS) is 11.3. The fourth-order valence-electron chi connectivity index (χ4n) is 2.76. The molecule has 7 nitrogen and oxygen atoms in total. The number of rotatable bonds is 11. The van der Waals surface area contributed by atoms with Crippen LogP contribution in [0.4, 0.5) is 5.69 Å². The number of sulfonamides is 1. The molecule has 0 aromatic heterocycles. The number of hydrogen-bond acceptors (Lipinski definition) is 5. The quantitative estimate of drug-likeness (QED) is 0.466. The van der Waals surface area contributed by atoms with Gasteiger partial charge in [-0.05, 0) is 64.7 Å². The molecule has 2 aromatic carbocycles. The first kappa shape index (κ1) is 24.3. The van der Waals surface area contributed by atoms with Gasteiger partial charge in [-0.15, -0.1) is 0 Å². The number of nitrogens with zero attached hydrogens (tertiary/aromatic N) is 1. The van der Waals surface area contributed by atoms with Crippen molar-refractivity contribution in [3.05, 3.63) is 58.1 Å². The van der Waals surface area contributed by atoms with Gasteiger partial charge in [-0.25, -0.2) is 13.1 Å². The van der Waals surface area contributed by atoms with E-state index in [0.717, 1.165) is 18.5 Å². The number of amides is 1. The van der Waals surface area contributed by atoms with Crippen LogP contribution in [0.15, 0.2) is 51.8 Å². The Kier molecular flexibility index (Phi) is 9.29. The van der Waals surface area contributed by atoms with Crippen LogP contribution in [0, 0.1) is 0 Å². The van der Waals surface area contributed by atoms with Gasteiger partial charge in [0.05, 0.1) is 17.1 Å². The van der Waals surface area contributed by atoms with Crippen molar-refractivity contribution in [3.8, 4) is 0 Å². The van der Waals surface area contributed by atoms with Gasteiger partial charge in [0.1, 0.15) is 0 Å². The van der Waals surface area contributed by atoms with Crippen LogP contribution in [0.2, 0.25) is 0 Å². The summed E-state index contributed by atoms with van der Waals surface area (Å²) in [5.74, 6) is -0.321. The Hall–Kier alpha value is -1.94. The molecule has 2 aromatic rings. The molecular weight excluding hydrogens is 470 g/mol. The second kappa shape index (κ2) is 11.5. The lowest BCUT2D eigenvalue weighted by Crippen LogP contribution is -2.28. The summed E-state index contributed by atoms with van der Waals surface area (Å²) in [6.45, 7) is 0.913. The molecule has 0 saturated carbocycles. The second-order valence-corrected chi connectivity index (χ2v) is 9.57. The van der Waals surface area contributed by atoms with E-state index in [-0.39, 0.29) is 29.5 Å². The second-order valence-electron chi connectivity index (χ2n) is 6.95. The van der Waals surface area contributed by atoms with Crippen molar-refractivity contribution >= 4 is 37.5 Å². The number of carbonyl (C=O) groups excluding carboxylic acids is 1. The highest BCUT2D eigenvalue weighted by Crippen LogP contribution is 2.21. The Morgan fingerprint density at radius 1 is 1.10 bits per heavy atom. The van der Waals surface area contributed by atoms with Crippen LogP contribution in [0.1, 0.15) is 22.3 Å². The molecule has 0 aliphatic heterocycles. The number of hydrogen-bond donors (Lipinski definition) is 2. The molecule has 0 spiro atoms.